The van der Waals surface area contributed by atoms with Gasteiger partial charge >= 0.3 is 0 Å². The number of rotatable bonds is 7. The second kappa shape index (κ2) is 9.89. The van der Waals surface area contributed by atoms with Crippen LogP contribution in [0.5, 0.6) is 0 Å². The van der Waals surface area contributed by atoms with Crippen LogP contribution >= 0.6 is 15.9 Å². The lowest BCUT2D eigenvalue weighted by atomic mass is 10.2. The molecule has 2 N–H and O–H groups in total. The van der Waals surface area contributed by atoms with E-state index in [4.69, 9.17) is 4.74 Å². The molecule has 0 radical (unpaired) electrons. The quantitative estimate of drug-likeness (QED) is 0.715. The maximum Gasteiger partial charge on any atom is 0.251 e. The zero-order valence-corrected chi connectivity index (χ0v) is 16.3. The van der Waals surface area contributed by atoms with Crippen LogP contribution in [0.1, 0.15) is 24.2 Å². The molecule has 2 amide bonds. The van der Waals surface area contributed by atoms with Crippen LogP contribution in [0.15, 0.2) is 28.7 Å². The molecular formula is C18H26BrN3O3. The van der Waals surface area contributed by atoms with Crippen molar-refractivity contribution in [1.82, 2.24) is 15.5 Å². The Bertz CT molecular complexity index is 577. The molecule has 1 fully saturated rings. The lowest BCUT2D eigenvalue weighted by Crippen LogP contribution is -2.49. The fourth-order valence-electron chi connectivity index (χ4n) is 2.74. The van der Waals surface area contributed by atoms with Crippen LogP contribution in [0.25, 0.3) is 0 Å². The van der Waals surface area contributed by atoms with Gasteiger partial charge in [-0.15, -0.1) is 0 Å². The molecule has 0 aliphatic carbocycles. The summed E-state index contributed by atoms with van der Waals surface area (Å²) >= 11 is 3.32. The summed E-state index contributed by atoms with van der Waals surface area (Å²) in [6, 6.07) is 6.99. The molecule has 25 heavy (non-hydrogen) atoms. The monoisotopic (exact) mass is 411 g/mol. The molecule has 1 aromatic carbocycles. The van der Waals surface area contributed by atoms with Crippen LogP contribution in [-0.2, 0) is 9.53 Å². The minimum Gasteiger partial charge on any atom is -0.374 e. The van der Waals surface area contributed by atoms with Crippen molar-refractivity contribution in [2.24, 2.45) is 5.92 Å². The third-order valence-electron chi connectivity index (χ3n) is 3.89. The Morgan fingerprint density at radius 3 is 2.68 bits per heavy atom. The number of nitrogens with one attached hydrogen (secondary N) is 2. The van der Waals surface area contributed by atoms with E-state index in [1.54, 1.807) is 24.3 Å². The van der Waals surface area contributed by atoms with Crippen LogP contribution in [-0.4, -0.2) is 62.1 Å². The molecule has 0 spiro atoms. The lowest BCUT2D eigenvalue weighted by molar-refractivity contribution is -0.121. The average Bonchev–Trinajstić information content (AvgIpc) is 2.58. The van der Waals surface area contributed by atoms with Gasteiger partial charge in [0.25, 0.3) is 5.91 Å². The van der Waals surface area contributed by atoms with Gasteiger partial charge in [-0.1, -0.05) is 29.8 Å². The summed E-state index contributed by atoms with van der Waals surface area (Å²) in [6.07, 6.45) is -0.00127. The Hall–Kier alpha value is -1.44. The van der Waals surface area contributed by atoms with Crippen molar-refractivity contribution in [1.29, 1.82) is 0 Å². The number of carbonyl (C=O) groups excluding carboxylic acids is 2. The number of hydrogen-bond donors (Lipinski definition) is 2. The van der Waals surface area contributed by atoms with E-state index in [0.717, 1.165) is 24.1 Å². The Morgan fingerprint density at radius 1 is 1.28 bits per heavy atom. The number of hydrogen-bond acceptors (Lipinski definition) is 4. The molecule has 0 saturated carbocycles. The Balaban J connectivity index is 1.68. The highest BCUT2D eigenvalue weighted by atomic mass is 79.9. The highest BCUT2D eigenvalue weighted by Gasteiger charge is 2.21. The first-order chi connectivity index (χ1) is 11.9. The molecule has 1 saturated heterocycles. The fraction of sp³-hybridized carbons (Fsp3) is 0.556. The molecule has 2 rings (SSSR count). The van der Waals surface area contributed by atoms with Gasteiger partial charge in [0.15, 0.2) is 0 Å². The zero-order chi connectivity index (χ0) is 18.2. The van der Waals surface area contributed by atoms with Crippen molar-refractivity contribution in [3.05, 3.63) is 34.3 Å². The van der Waals surface area contributed by atoms with E-state index in [0.29, 0.717) is 24.6 Å². The average molecular weight is 412 g/mol. The molecular weight excluding hydrogens is 386 g/mol. The van der Waals surface area contributed by atoms with Gasteiger partial charge < -0.3 is 15.4 Å². The summed E-state index contributed by atoms with van der Waals surface area (Å²) in [7, 11) is 0. The third kappa shape index (κ3) is 7.13. The highest BCUT2D eigenvalue weighted by Crippen LogP contribution is 2.10. The largest absolute Gasteiger partial charge is 0.374 e. The molecule has 6 nitrogen and oxygen atoms in total. The smallest absolute Gasteiger partial charge is 0.251 e. The van der Waals surface area contributed by atoms with Gasteiger partial charge in [-0.2, -0.15) is 0 Å². The van der Waals surface area contributed by atoms with E-state index in [-0.39, 0.29) is 24.5 Å². The molecule has 1 unspecified atom stereocenters. The molecule has 0 bridgehead atoms. The molecule has 1 aliphatic rings. The van der Waals surface area contributed by atoms with Crippen molar-refractivity contribution < 1.29 is 14.3 Å². The van der Waals surface area contributed by atoms with E-state index < -0.39 is 0 Å². The Morgan fingerprint density at radius 2 is 2.00 bits per heavy atom. The number of amides is 2. The second-order valence-electron chi connectivity index (χ2n) is 6.64. The first-order valence-electron chi connectivity index (χ1n) is 8.58. The first kappa shape index (κ1) is 19.9. The Kier molecular flexibility index (Phi) is 7.87. The number of ether oxygens (including phenoxy) is 1. The molecule has 138 valence electrons. The van der Waals surface area contributed by atoms with Crippen molar-refractivity contribution in [3.63, 3.8) is 0 Å². The van der Waals surface area contributed by atoms with Gasteiger partial charge in [-0.05, 0) is 30.2 Å². The van der Waals surface area contributed by atoms with Crippen LogP contribution in [0.4, 0.5) is 0 Å². The van der Waals surface area contributed by atoms with Crippen molar-refractivity contribution in [3.8, 4) is 0 Å². The van der Waals surface area contributed by atoms with Gasteiger partial charge in [-0.25, -0.2) is 0 Å². The van der Waals surface area contributed by atoms with Gasteiger partial charge in [0.1, 0.15) is 0 Å². The Labute approximate surface area is 157 Å². The maximum atomic E-state index is 12.0. The van der Waals surface area contributed by atoms with E-state index >= 15 is 0 Å². The summed E-state index contributed by atoms with van der Waals surface area (Å²) in [5.74, 6) is 0.136. The van der Waals surface area contributed by atoms with Crippen molar-refractivity contribution in [2.75, 3.05) is 39.3 Å². The molecule has 7 heteroatoms. The van der Waals surface area contributed by atoms with Crippen molar-refractivity contribution >= 4 is 27.7 Å². The third-order valence-corrected chi connectivity index (χ3v) is 4.42. The normalized spacial score (nSPS) is 18.2. The molecule has 1 atom stereocenters. The number of benzene rings is 1. The van der Waals surface area contributed by atoms with Gasteiger partial charge in [-0.3, -0.25) is 14.5 Å². The highest BCUT2D eigenvalue weighted by molar-refractivity contribution is 9.10. The summed E-state index contributed by atoms with van der Waals surface area (Å²) in [5.41, 5.74) is 0.524. The summed E-state index contributed by atoms with van der Waals surface area (Å²) in [5, 5.41) is 5.45. The van der Waals surface area contributed by atoms with E-state index in [9.17, 15) is 9.59 Å². The van der Waals surface area contributed by atoms with Crippen LogP contribution in [0, 0.1) is 5.92 Å². The van der Waals surface area contributed by atoms with Gasteiger partial charge in [0.2, 0.25) is 5.91 Å². The number of morpholine rings is 1. The SMILES string of the molecule is CC(C)CN1CCOC(CNC(=O)CNC(=O)c2ccc(Br)cc2)C1. The second-order valence-corrected chi connectivity index (χ2v) is 7.56. The predicted octanol–water partition coefficient (Wildman–Crippen LogP) is 1.65. The molecule has 1 aliphatic heterocycles. The first-order valence-corrected chi connectivity index (χ1v) is 9.37. The zero-order valence-electron chi connectivity index (χ0n) is 14.8. The van der Waals surface area contributed by atoms with Gasteiger partial charge in [0, 0.05) is 36.2 Å². The summed E-state index contributed by atoms with van der Waals surface area (Å²) < 4.78 is 6.60. The minimum atomic E-state index is -0.264. The van der Waals surface area contributed by atoms with E-state index in [1.165, 1.54) is 0 Å². The molecule has 1 heterocycles. The fourth-order valence-corrected chi connectivity index (χ4v) is 3.00. The molecule has 1 aromatic rings. The predicted molar refractivity (Wildman–Crippen MR) is 101 cm³/mol. The topological polar surface area (TPSA) is 70.7 Å². The van der Waals surface area contributed by atoms with Crippen LogP contribution in [0.3, 0.4) is 0 Å². The maximum absolute atomic E-state index is 12.0. The van der Waals surface area contributed by atoms with E-state index in [1.807, 2.05) is 0 Å². The number of nitrogens with zero attached hydrogens (tertiary/aromatic N) is 1. The van der Waals surface area contributed by atoms with Crippen LogP contribution < -0.4 is 10.6 Å². The minimum absolute atomic E-state index is 0.00127. The van der Waals surface area contributed by atoms with Crippen molar-refractivity contribution in [2.45, 2.75) is 20.0 Å². The number of carbonyl (C=O) groups is 2. The molecule has 0 aromatic heterocycles. The summed E-state index contributed by atoms with van der Waals surface area (Å²) in [4.78, 5) is 26.3. The standard InChI is InChI=1S/C18H26BrN3O3/c1-13(2)11-22-7-8-25-16(12-22)9-20-17(23)10-21-18(24)14-3-5-15(19)6-4-14/h3-6,13,16H,7-12H2,1-2H3,(H,20,23)(H,21,24). The van der Waals surface area contributed by atoms with Gasteiger partial charge in [0.05, 0.1) is 19.3 Å². The summed E-state index contributed by atoms with van der Waals surface area (Å²) in [6.45, 7) is 8.29. The number of halogens is 1. The lowest BCUT2D eigenvalue weighted by Gasteiger charge is -2.33. The van der Waals surface area contributed by atoms with Crippen LogP contribution in [0.2, 0.25) is 0 Å². The van der Waals surface area contributed by atoms with E-state index in [2.05, 4.69) is 45.3 Å².